The summed E-state index contributed by atoms with van der Waals surface area (Å²) in [6.45, 7) is 83.5. The van der Waals surface area contributed by atoms with Crippen molar-refractivity contribution < 1.29 is 4.74 Å². The number of para-hydroxylation sites is 1. The highest BCUT2D eigenvalue weighted by Gasteiger charge is 2.47. The van der Waals surface area contributed by atoms with Gasteiger partial charge >= 0.3 is 0 Å². The fourth-order valence-corrected chi connectivity index (χ4v) is 26.0. The Morgan fingerprint density at radius 3 is 1.05 bits per heavy atom. The van der Waals surface area contributed by atoms with Gasteiger partial charge in [-0.2, -0.15) is 0 Å². The van der Waals surface area contributed by atoms with Crippen LogP contribution in [0.25, 0.3) is 0 Å². The van der Waals surface area contributed by atoms with Crippen LogP contribution in [0.15, 0.2) is 24.3 Å². The van der Waals surface area contributed by atoms with E-state index in [1.165, 1.54) is 309 Å². The van der Waals surface area contributed by atoms with E-state index in [-0.39, 0.29) is 0 Å². The quantitative estimate of drug-likeness (QED) is 0.221. The van der Waals surface area contributed by atoms with E-state index >= 15 is 0 Å². The van der Waals surface area contributed by atoms with Crippen molar-refractivity contribution in [3.05, 3.63) is 29.8 Å². The van der Waals surface area contributed by atoms with Gasteiger partial charge in [0.2, 0.25) is 0 Å². The van der Waals surface area contributed by atoms with E-state index in [9.17, 15) is 0 Å². The lowest BCUT2D eigenvalue weighted by atomic mass is 9.69. The van der Waals surface area contributed by atoms with Crippen molar-refractivity contribution in [2.24, 2.45) is 107 Å². The minimum absolute atomic E-state index is 0.626. The van der Waals surface area contributed by atoms with Crippen LogP contribution in [-0.2, 0) is 11.2 Å². The van der Waals surface area contributed by atoms with Crippen LogP contribution >= 0.6 is 0 Å². The second kappa shape index (κ2) is 47.5. The van der Waals surface area contributed by atoms with E-state index in [0.29, 0.717) is 6.04 Å². The van der Waals surface area contributed by atoms with Crippen LogP contribution in [-0.4, -0.2) is 291 Å². The number of anilines is 1. The first-order chi connectivity index (χ1) is 58.0. The lowest BCUT2D eigenvalue weighted by Crippen LogP contribution is -2.51. The Hall–Kier alpha value is -1.50. The molecule has 1 aromatic carbocycles. The standard InChI is InChI=1S/C12H23N.C12H17N.C11H21N.2C10H19N.C9H18N2.C9H17NO.2C9H17N.C8H16N2.C8H15N/c2*1-10(2)13-9-5-7-11-6-3-4-8-12(11)13;1-9(2)12-7-6-10-4-3-5-11(10)8-12;1-8(2)11-6-5-9-3-4-10(9)7-11;1-8(2)11-6-9-4-3-5-10(9)7-11;1-7(2)11-5-8-3-10-4-9(8)6-11;1-7(2)10-3-8-5-11-6-9(8)4-10;1-7(2)10-4-3-8-5-9(8)6-10;1-7(2)10-5-8-3-4-9(8)6-10;1-6(2)10-4-7-3-9-8(7)5-10;1-6(2)9-4-7-3-8(7)5-9/h10-12H,3-9H2,1-2H3;3-4,6,8,10H,5,7,9H2,1-2H3;9-11H,3-8H2,1-2H3;2*8-10H,3-7H2,1-2H3;7-10H,3-6H2,1-2H3;7-9H,3-6H2,1-2H3;2*7-9H,3-6H2,1-2H3;6-9H,3-5H2,1-2H3;6-8H,3-5H2,1-2H3. The SMILES string of the molecule is CC(C)N1CC2CC2C1.CC(C)N1CC2CCC2C1.CC(C)N1CC2CCCC2C1.CC(C)N1CC2CNC2C1.CC(C)N1CC2CNCC2C1.CC(C)N1CC2COCC2C1.CC(C)N1CCC2CC2C1.CC(C)N1CCC2CCC2C1.CC(C)N1CCC2CCCC2C1.CC(C)N1CCCC2CCCCC21.CC(C)N1CCCc2ccccc21. The molecule has 14 aliphatic heterocycles. The molecule has 13 saturated heterocycles. The van der Waals surface area contributed by atoms with Gasteiger partial charge in [0.15, 0.2) is 0 Å². The molecule has 7 saturated carbocycles. The van der Waals surface area contributed by atoms with Gasteiger partial charge in [0.05, 0.1) is 13.2 Å². The van der Waals surface area contributed by atoms with Gasteiger partial charge in [0.1, 0.15) is 0 Å². The predicted molar refractivity (Wildman–Crippen MR) is 519 cm³/mol. The third-order valence-electron chi connectivity index (χ3n) is 35.6. The van der Waals surface area contributed by atoms with Crippen molar-refractivity contribution in [3.8, 4) is 0 Å². The van der Waals surface area contributed by atoms with Crippen LogP contribution in [0.4, 0.5) is 5.69 Å². The predicted octanol–water partition coefficient (Wildman–Crippen LogP) is 19.3. The van der Waals surface area contributed by atoms with Crippen LogP contribution < -0.4 is 15.5 Å². The number of piperidine rings is 5. The average Bonchev–Trinajstić information content (AvgIpc) is 1.59. The normalized spacial score (nSPS) is 36.3. The van der Waals surface area contributed by atoms with Crippen LogP contribution in [0, 0.1) is 107 Å². The summed E-state index contributed by atoms with van der Waals surface area (Å²) in [4.78, 5) is 28.8. The molecule has 14 heteroatoms. The average molecular weight is 1680 g/mol. The fourth-order valence-electron chi connectivity index (χ4n) is 26.0. The summed E-state index contributed by atoms with van der Waals surface area (Å²) >= 11 is 0. The van der Waals surface area contributed by atoms with E-state index in [0.717, 1.165) is 192 Å². The molecule has 7 aliphatic carbocycles. The number of hydrogen-bond donors (Lipinski definition) is 2. The molecule has 14 nitrogen and oxygen atoms in total. The summed E-state index contributed by atoms with van der Waals surface area (Å²) in [5.74, 6) is 18.7. The van der Waals surface area contributed by atoms with Crippen molar-refractivity contribution in [1.82, 2.24) is 59.6 Å². The Bertz CT molecular complexity index is 2850. The molecule has 20 atom stereocenters. The molecular formula is C107H199N13O. The Morgan fingerprint density at radius 1 is 0.264 bits per heavy atom. The lowest BCUT2D eigenvalue weighted by molar-refractivity contribution is 0.0306. The third-order valence-corrected chi connectivity index (χ3v) is 35.6. The number of benzene rings is 1. The lowest BCUT2D eigenvalue weighted by Gasteiger charge is -2.46. The summed E-state index contributed by atoms with van der Waals surface area (Å²) in [5.41, 5.74) is 2.96. The van der Waals surface area contributed by atoms with Crippen molar-refractivity contribution in [1.29, 1.82) is 0 Å². The molecule has 698 valence electrons. The first kappa shape index (κ1) is 98.5. The Balaban J connectivity index is 0.000000122. The largest absolute Gasteiger partial charge is 0.381 e. The maximum atomic E-state index is 5.41. The first-order valence-electron chi connectivity index (χ1n) is 53.3. The highest BCUT2D eigenvalue weighted by molar-refractivity contribution is 5.56. The molecule has 0 radical (unpaired) electrons. The van der Waals surface area contributed by atoms with Gasteiger partial charge in [-0.15, -0.1) is 0 Å². The summed E-state index contributed by atoms with van der Waals surface area (Å²) in [7, 11) is 0. The number of nitrogens with zero attached hydrogens (tertiary/aromatic N) is 11. The number of nitrogens with one attached hydrogen (secondary N) is 2. The van der Waals surface area contributed by atoms with Crippen LogP contribution in [0.3, 0.4) is 0 Å². The van der Waals surface area contributed by atoms with Gasteiger partial charge in [0.25, 0.3) is 0 Å². The third kappa shape index (κ3) is 28.3. The van der Waals surface area contributed by atoms with E-state index < -0.39 is 0 Å². The number of aryl methyl sites for hydroxylation is 1. The van der Waals surface area contributed by atoms with Gasteiger partial charge in [-0.05, 0) is 408 Å². The number of fused-ring (bicyclic) bond motifs is 11. The first-order valence-corrected chi connectivity index (χ1v) is 53.3. The molecule has 20 unspecified atom stereocenters. The van der Waals surface area contributed by atoms with Crippen LogP contribution in [0.1, 0.15) is 299 Å². The van der Waals surface area contributed by atoms with Gasteiger partial charge in [0, 0.05) is 213 Å². The minimum atomic E-state index is 0.626. The minimum Gasteiger partial charge on any atom is -0.381 e. The van der Waals surface area contributed by atoms with Crippen molar-refractivity contribution >= 4 is 5.69 Å². The van der Waals surface area contributed by atoms with Gasteiger partial charge in [-0.3, -0.25) is 9.80 Å². The van der Waals surface area contributed by atoms with E-state index in [1.807, 2.05) is 0 Å². The maximum absolute atomic E-state index is 5.41. The van der Waals surface area contributed by atoms with Crippen molar-refractivity contribution in [3.63, 3.8) is 0 Å². The monoisotopic (exact) mass is 1680 g/mol. The smallest absolute Gasteiger partial charge is 0.0510 e. The number of hydrogen-bond acceptors (Lipinski definition) is 14. The zero-order valence-electron chi connectivity index (χ0n) is 83.5. The Morgan fingerprint density at radius 2 is 0.620 bits per heavy atom. The van der Waals surface area contributed by atoms with Gasteiger partial charge in [-0.25, -0.2) is 0 Å². The molecule has 14 heterocycles. The second-order valence-electron chi connectivity index (χ2n) is 47.1. The second-order valence-corrected chi connectivity index (χ2v) is 47.1. The molecule has 1 aromatic rings. The Labute approximate surface area is 749 Å². The van der Waals surface area contributed by atoms with E-state index in [2.05, 4.69) is 241 Å². The Kier molecular flexibility index (Phi) is 38.7. The van der Waals surface area contributed by atoms with Gasteiger partial charge < -0.3 is 59.5 Å². The molecule has 121 heavy (non-hydrogen) atoms. The summed E-state index contributed by atoms with van der Waals surface area (Å²) in [6.07, 6.45) is 34.0. The van der Waals surface area contributed by atoms with Gasteiger partial charge in [-0.1, -0.05) is 50.3 Å². The fraction of sp³-hybridized carbons (Fsp3) is 0.944. The summed E-state index contributed by atoms with van der Waals surface area (Å²) < 4.78 is 5.41. The molecule has 0 spiro atoms. The molecule has 0 bridgehead atoms. The zero-order chi connectivity index (χ0) is 86.3. The zero-order valence-corrected chi connectivity index (χ0v) is 83.5. The highest BCUT2D eigenvalue weighted by atomic mass is 16.5. The molecular weight excluding hydrogens is 1480 g/mol. The number of ether oxygens (including phenoxy) is 1. The summed E-state index contributed by atoms with van der Waals surface area (Å²) in [6, 6.07) is 18.8. The van der Waals surface area contributed by atoms with Crippen LogP contribution in [0.5, 0.6) is 0 Å². The molecule has 2 N–H and O–H groups in total. The van der Waals surface area contributed by atoms with E-state index in [1.54, 1.807) is 0 Å². The van der Waals surface area contributed by atoms with Crippen molar-refractivity contribution in [2.75, 3.05) is 169 Å². The molecule has 0 amide bonds. The summed E-state index contributed by atoms with van der Waals surface area (Å²) in [5, 5.41) is 6.91. The number of likely N-dealkylation sites (tertiary alicyclic amines) is 10. The van der Waals surface area contributed by atoms with E-state index in [4.69, 9.17) is 4.74 Å². The number of rotatable bonds is 11. The topological polar surface area (TPSA) is 68.9 Å². The molecule has 20 fully saturated rings. The maximum Gasteiger partial charge on any atom is 0.0510 e. The molecule has 0 aromatic heterocycles. The van der Waals surface area contributed by atoms with Crippen molar-refractivity contribution in [2.45, 2.75) is 379 Å². The molecule has 22 rings (SSSR count). The van der Waals surface area contributed by atoms with Crippen LogP contribution in [0.2, 0.25) is 0 Å². The molecule has 21 aliphatic rings. The highest BCUT2D eigenvalue weighted by Crippen LogP contribution is 2.48.